The van der Waals surface area contributed by atoms with Crippen LogP contribution in [0.4, 0.5) is 0 Å². The fraction of sp³-hybridized carbons (Fsp3) is 0.400. The number of nitrogens with zero attached hydrogens (tertiary/aromatic N) is 2. The van der Waals surface area contributed by atoms with Crippen molar-refractivity contribution in [2.45, 2.75) is 49.3 Å². The highest BCUT2D eigenvalue weighted by molar-refractivity contribution is 7.98. The fourth-order valence-electron chi connectivity index (χ4n) is 4.72. The maximum atomic E-state index is 6.27. The molecule has 0 bridgehead atoms. The molecule has 0 radical (unpaired) electrons. The number of rotatable bonds is 5. The Balaban J connectivity index is 1.40. The normalized spacial score (nSPS) is 17.8. The van der Waals surface area contributed by atoms with Crippen molar-refractivity contribution in [3.8, 4) is 5.75 Å². The highest BCUT2D eigenvalue weighted by atomic mass is 32.2. The minimum atomic E-state index is 0.688. The van der Waals surface area contributed by atoms with Gasteiger partial charge < -0.3 is 4.74 Å². The Morgan fingerprint density at radius 3 is 2.76 bits per heavy atom. The molecule has 1 aliphatic carbocycles. The van der Waals surface area contributed by atoms with Gasteiger partial charge in [-0.25, -0.2) is 0 Å². The summed E-state index contributed by atoms with van der Waals surface area (Å²) in [6.45, 7) is 2.82. The molecule has 0 amide bonds. The van der Waals surface area contributed by atoms with Gasteiger partial charge in [0.15, 0.2) is 5.75 Å². The lowest BCUT2D eigenvalue weighted by atomic mass is 9.89. The summed E-state index contributed by atoms with van der Waals surface area (Å²) in [5, 5.41) is 1.22. The average Bonchev–Trinajstić information content (AvgIpc) is 2.79. The van der Waals surface area contributed by atoms with Gasteiger partial charge in [0, 0.05) is 40.9 Å². The first-order valence-corrected chi connectivity index (χ1v) is 11.8. The molecule has 0 spiro atoms. The van der Waals surface area contributed by atoms with Crippen molar-refractivity contribution >= 4 is 22.7 Å². The molecular weight excluding hydrogens is 376 g/mol. The standard InChI is InChI=1S/C25H28N2OS/c1-3-8-19(9-4-1)15-27-16-20-14-21(17-29-22-10-5-2-6-11-22)23-12-7-13-26-24(23)25(20)28-18-27/h2,5-7,10-14,19H,1,3-4,8-9,15-18H2. The van der Waals surface area contributed by atoms with E-state index in [2.05, 4.69) is 47.4 Å². The molecule has 2 aliphatic rings. The van der Waals surface area contributed by atoms with E-state index in [1.807, 2.05) is 24.0 Å². The monoisotopic (exact) mass is 404 g/mol. The number of hydrogen-bond donors (Lipinski definition) is 0. The number of thioether (sulfide) groups is 1. The molecule has 0 atom stereocenters. The maximum absolute atomic E-state index is 6.27. The van der Waals surface area contributed by atoms with E-state index in [-0.39, 0.29) is 0 Å². The van der Waals surface area contributed by atoms with Gasteiger partial charge in [-0.1, -0.05) is 43.5 Å². The third-order valence-electron chi connectivity index (χ3n) is 6.17. The lowest BCUT2D eigenvalue weighted by molar-refractivity contribution is 0.0741. The molecule has 0 N–H and O–H groups in total. The molecule has 0 unspecified atom stereocenters. The molecule has 1 fully saturated rings. The highest BCUT2D eigenvalue weighted by Gasteiger charge is 2.24. The Morgan fingerprint density at radius 2 is 1.90 bits per heavy atom. The van der Waals surface area contributed by atoms with Gasteiger partial charge in [-0.15, -0.1) is 11.8 Å². The molecule has 5 rings (SSSR count). The molecule has 29 heavy (non-hydrogen) atoms. The van der Waals surface area contributed by atoms with Gasteiger partial charge in [0.05, 0.1) is 0 Å². The Bertz CT molecular complexity index is 969. The number of aromatic nitrogens is 1. The zero-order valence-corrected chi connectivity index (χ0v) is 17.7. The second kappa shape index (κ2) is 8.76. The predicted molar refractivity (Wildman–Crippen MR) is 120 cm³/mol. The van der Waals surface area contributed by atoms with Gasteiger partial charge in [0.2, 0.25) is 0 Å². The van der Waals surface area contributed by atoms with Gasteiger partial charge in [0.1, 0.15) is 12.2 Å². The summed E-state index contributed by atoms with van der Waals surface area (Å²) in [5.41, 5.74) is 3.66. The first kappa shape index (κ1) is 19.0. The van der Waals surface area contributed by atoms with E-state index in [4.69, 9.17) is 9.72 Å². The Labute approximate surface area is 177 Å². The van der Waals surface area contributed by atoms with E-state index in [1.54, 1.807) is 0 Å². The minimum absolute atomic E-state index is 0.688. The summed E-state index contributed by atoms with van der Waals surface area (Å²) in [5.74, 6) is 2.77. The van der Waals surface area contributed by atoms with Crippen LogP contribution >= 0.6 is 11.8 Å². The van der Waals surface area contributed by atoms with Crippen molar-refractivity contribution in [1.29, 1.82) is 0 Å². The second-order valence-corrected chi connectivity index (χ2v) is 9.36. The van der Waals surface area contributed by atoms with Crippen molar-refractivity contribution in [3.05, 3.63) is 65.9 Å². The Morgan fingerprint density at radius 1 is 1.03 bits per heavy atom. The zero-order chi connectivity index (χ0) is 19.5. The Kier molecular flexibility index (Phi) is 5.73. The number of hydrogen-bond acceptors (Lipinski definition) is 4. The quantitative estimate of drug-likeness (QED) is 0.469. The number of fused-ring (bicyclic) bond motifs is 3. The van der Waals surface area contributed by atoms with Crippen molar-refractivity contribution in [2.75, 3.05) is 13.3 Å². The van der Waals surface area contributed by atoms with Crippen molar-refractivity contribution in [2.24, 2.45) is 5.92 Å². The van der Waals surface area contributed by atoms with Crippen molar-refractivity contribution < 1.29 is 4.74 Å². The van der Waals surface area contributed by atoms with E-state index < -0.39 is 0 Å². The molecule has 0 saturated heterocycles. The van der Waals surface area contributed by atoms with Crippen LogP contribution in [-0.4, -0.2) is 23.2 Å². The topological polar surface area (TPSA) is 25.4 Å². The Hall–Kier alpha value is -2.04. The van der Waals surface area contributed by atoms with Gasteiger partial charge >= 0.3 is 0 Å². The molecule has 3 nitrogen and oxygen atoms in total. The molecular formula is C25H28N2OS. The molecule has 150 valence electrons. The van der Waals surface area contributed by atoms with Crippen LogP contribution in [0.2, 0.25) is 0 Å². The SMILES string of the molecule is c1ccc(SCc2cc3c(c4ncccc24)OCN(CC2CCCCC2)C3)cc1. The zero-order valence-electron chi connectivity index (χ0n) is 16.8. The third-order valence-corrected chi connectivity index (χ3v) is 7.23. The lowest BCUT2D eigenvalue weighted by Gasteiger charge is -2.33. The van der Waals surface area contributed by atoms with Crippen LogP contribution in [-0.2, 0) is 12.3 Å². The number of ether oxygens (including phenoxy) is 1. The molecule has 4 heteroatoms. The van der Waals surface area contributed by atoms with E-state index in [9.17, 15) is 0 Å². The van der Waals surface area contributed by atoms with Crippen LogP contribution in [0.3, 0.4) is 0 Å². The summed E-state index contributed by atoms with van der Waals surface area (Å²) in [7, 11) is 0. The summed E-state index contributed by atoms with van der Waals surface area (Å²) in [6.07, 6.45) is 8.84. The molecule has 1 aromatic heterocycles. The van der Waals surface area contributed by atoms with Gasteiger partial charge in [-0.2, -0.15) is 0 Å². The maximum Gasteiger partial charge on any atom is 0.152 e. The first-order valence-electron chi connectivity index (χ1n) is 10.8. The highest BCUT2D eigenvalue weighted by Crippen LogP contribution is 2.37. The van der Waals surface area contributed by atoms with E-state index >= 15 is 0 Å². The van der Waals surface area contributed by atoms with Crippen LogP contribution in [0, 0.1) is 5.92 Å². The fourth-order valence-corrected chi connectivity index (χ4v) is 5.63. The number of benzene rings is 2. The average molecular weight is 405 g/mol. The largest absolute Gasteiger partial charge is 0.475 e. The number of pyridine rings is 1. The third kappa shape index (κ3) is 4.29. The summed E-state index contributed by atoms with van der Waals surface area (Å²) in [6, 6.07) is 17.2. The van der Waals surface area contributed by atoms with Crippen LogP contribution in [0.15, 0.2) is 59.6 Å². The van der Waals surface area contributed by atoms with Crippen molar-refractivity contribution in [3.63, 3.8) is 0 Å². The molecule has 3 aromatic rings. The predicted octanol–water partition coefficient (Wildman–Crippen LogP) is 6.26. The summed E-state index contributed by atoms with van der Waals surface area (Å²) in [4.78, 5) is 8.49. The second-order valence-electron chi connectivity index (χ2n) is 8.31. The van der Waals surface area contributed by atoms with E-state index in [0.717, 1.165) is 36.0 Å². The molecule has 2 heterocycles. The van der Waals surface area contributed by atoms with Crippen LogP contribution in [0.1, 0.15) is 43.2 Å². The molecule has 1 aliphatic heterocycles. The first-order chi connectivity index (χ1) is 14.4. The molecule has 1 saturated carbocycles. The van der Waals surface area contributed by atoms with Crippen LogP contribution in [0.5, 0.6) is 5.75 Å². The smallest absolute Gasteiger partial charge is 0.152 e. The van der Waals surface area contributed by atoms with Gasteiger partial charge in [-0.3, -0.25) is 9.88 Å². The summed E-state index contributed by atoms with van der Waals surface area (Å²) >= 11 is 1.89. The summed E-state index contributed by atoms with van der Waals surface area (Å²) < 4.78 is 6.27. The lowest BCUT2D eigenvalue weighted by Crippen LogP contribution is -2.36. The van der Waals surface area contributed by atoms with Gasteiger partial charge in [0.25, 0.3) is 0 Å². The van der Waals surface area contributed by atoms with E-state index in [0.29, 0.717) is 6.73 Å². The van der Waals surface area contributed by atoms with Gasteiger partial charge in [-0.05, 0) is 48.6 Å². The molecule has 2 aromatic carbocycles. The van der Waals surface area contributed by atoms with Crippen LogP contribution < -0.4 is 4.74 Å². The van der Waals surface area contributed by atoms with Crippen LogP contribution in [0.25, 0.3) is 10.9 Å². The van der Waals surface area contributed by atoms with E-state index in [1.165, 1.54) is 53.5 Å². The minimum Gasteiger partial charge on any atom is -0.475 e. The van der Waals surface area contributed by atoms with Crippen molar-refractivity contribution in [1.82, 2.24) is 9.88 Å².